The number of halogens is 3. The molecule has 5 nitrogen and oxygen atoms in total. The first kappa shape index (κ1) is 18.0. The Morgan fingerprint density at radius 1 is 1.33 bits per heavy atom. The largest absolute Gasteiger partial charge is 0.444 e. The number of aliphatic hydroxyl groups is 1. The van der Waals surface area contributed by atoms with Crippen LogP contribution in [0.2, 0.25) is 0 Å². The molecule has 1 rings (SSSR count). The highest BCUT2D eigenvalue weighted by atomic mass is 19.4. The molecule has 124 valence electrons. The lowest BCUT2D eigenvalue weighted by Crippen LogP contribution is -2.56. The fraction of sp³-hybridized carbons (Fsp3) is 0.923. The molecule has 0 aromatic carbocycles. The van der Waals surface area contributed by atoms with Gasteiger partial charge in [-0.25, -0.2) is 4.79 Å². The van der Waals surface area contributed by atoms with Crippen LogP contribution >= 0.6 is 0 Å². The van der Waals surface area contributed by atoms with Crippen LogP contribution in [0.15, 0.2) is 0 Å². The van der Waals surface area contributed by atoms with E-state index >= 15 is 0 Å². The van der Waals surface area contributed by atoms with E-state index in [0.717, 1.165) is 0 Å². The maximum atomic E-state index is 12.3. The van der Waals surface area contributed by atoms with Crippen LogP contribution in [0.3, 0.4) is 0 Å². The Morgan fingerprint density at radius 3 is 2.33 bits per heavy atom. The fourth-order valence-electron chi connectivity index (χ4n) is 2.14. The fourth-order valence-corrected chi connectivity index (χ4v) is 2.14. The SMILES string of the molecule is C[C@@H]1CN(C[C@@H](O)C(F)(F)F)CCN1C(=O)OC(C)(C)C. The van der Waals surface area contributed by atoms with E-state index in [1.54, 1.807) is 27.7 Å². The molecule has 0 saturated carbocycles. The first-order chi connectivity index (χ1) is 9.40. The van der Waals surface area contributed by atoms with Gasteiger partial charge < -0.3 is 14.7 Å². The summed E-state index contributed by atoms with van der Waals surface area (Å²) in [6.45, 7) is 7.36. The summed E-state index contributed by atoms with van der Waals surface area (Å²) in [4.78, 5) is 15.0. The average molecular weight is 312 g/mol. The first-order valence-corrected chi connectivity index (χ1v) is 6.87. The highest BCUT2D eigenvalue weighted by Crippen LogP contribution is 2.22. The molecule has 1 aliphatic heterocycles. The molecule has 0 radical (unpaired) electrons. The zero-order valence-electron chi connectivity index (χ0n) is 12.8. The van der Waals surface area contributed by atoms with Crippen LogP contribution < -0.4 is 0 Å². The van der Waals surface area contributed by atoms with Crippen molar-refractivity contribution in [2.24, 2.45) is 0 Å². The molecule has 1 saturated heterocycles. The number of alkyl halides is 3. The number of carbonyl (C=O) groups is 1. The van der Waals surface area contributed by atoms with Crippen molar-refractivity contribution in [1.29, 1.82) is 0 Å². The summed E-state index contributed by atoms with van der Waals surface area (Å²) in [7, 11) is 0. The molecule has 0 bridgehead atoms. The topological polar surface area (TPSA) is 53.0 Å². The van der Waals surface area contributed by atoms with Crippen LogP contribution in [0.1, 0.15) is 27.7 Å². The molecule has 0 aliphatic carbocycles. The lowest BCUT2D eigenvalue weighted by molar-refractivity contribution is -0.209. The normalized spacial score (nSPS) is 23.0. The first-order valence-electron chi connectivity index (χ1n) is 6.87. The zero-order valence-corrected chi connectivity index (χ0v) is 12.8. The Balaban J connectivity index is 2.53. The van der Waals surface area contributed by atoms with E-state index in [0.29, 0.717) is 0 Å². The summed E-state index contributed by atoms with van der Waals surface area (Å²) >= 11 is 0. The van der Waals surface area contributed by atoms with E-state index in [2.05, 4.69) is 0 Å². The maximum Gasteiger partial charge on any atom is 0.415 e. The minimum atomic E-state index is -4.62. The Kier molecular flexibility index (Phi) is 5.49. The number of piperazine rings is 1. The number of nitrogens with zero attached hydrogens (tertiary/aromatic N) is 2. The number of amides is 1. The summed E-state index contributed by atoms with van der Waals surface area (Å²) < 4.78 is 42.2. The monoisotopic (exact) mass is 312 g/mol. The molecule has 1 N–H and O–H groups in total. The minimum absolute atomic E-state index is 0.269. The van der Waals surface area contributed by atoms with Gasteiger partial charge in [-0.3, -0.25) is 4.90 Å². The molecular formula is C13H23F3N2O3. The van der Waals surface area contributed by atoms with Gasteiger partial charge in [0, 0.05) is 32.2 Å². The number of hydrogen-bond donors (Lipinski definition) is 1. The predicted octanol–water partition coefficient (Wildman–Crippen LogP) is 1.85. The van der Waals surface area contributed by atoms with Crippen LogP contribution in [0.25, 0.3) is 0 Å². The van der Waals surface area contributed by atoms with Gasteiger partial charge >= 0.3 is 12.3 Å². The van der Waals surface area contributed by atoms with Crippen LogP contribution in [-0.2, 0) is 4.74 Å². The summed E-state index contributed by atoms with van der Waals surface area (Å²) in [5, 5.41) is 9.08. The van der Waals surface area contributed by atoms with Gasteiger partial charge in [0.25, 0.3) is 0 Å². The van der Waals surface area contributed by atoms with E-state index in [1.807, 2.05) is 0 Å². The Morgan fingerprint density at radius 2 is 1.90 bits per heavy atom. The van der Waals surface area contributed by atoms with Crippen molar-refractivity contribution >= 4 is 6.09 Å². The summed E-state index contributed by atoms with van der Waals surface area (Å²) in [5.41, 5.74) is -0.611. The molecule has 0 aromatic rings. The molecular weight excluding hydrogens is 289 g/mol. The number of β-amino-alcohol motifs (C(OH)–C–C–N with tert-alkyl or cyclic N) is 1. The van der Waals surface area contributed by atoms with Crippen molar-refractivity contribution in [3.63, 3.8) is 0 Å². The summed E-state index contributed by atoms with van der Waals surface area (Å²) in [6.07, 6.45) is -7.45. The van der Waals surface area contributed by atoms with Gasteiger partial charge in [-0.2, -0.15) is 13.2 Å². The third kappa shape index (κ3) is 5.70. The van der Waals surface area contributed by atoms with E-state index in [-0.39, 0.29) is 25.7 Å². The van der Waals surface area contributed by atoms with Gasteiger partial charge in [0.2, 0.25) is 0 Å². The molecule has 0 unspecified atom stereocenters. The van der Waals surface area contributed by atoms with Crippen LogP contribution in [0.4, 0.5) is 18.0 Å². The molecule has 1 fully saturated rings. The molecule has 21 heavy (non-hydrogen) atoms. The maximum absolute atomic E-state index is 12.3. The van der Waals surface area contributed by atoms with Gasteiger partial charge in [0.1, 0.15) is 5.60 Å². The number of rotatable bonds is 2. The molecule has 1 aliphatic rings. The van der Waals surface area contributed by atoms with Crippen molar-refractivity contribution in [2.75, 3.05) is 26.2 Å². The van der Waals surface area contributed by atoms with Gasteiger partial charge in [0.05, 0.1) is 0 Å². The van der Waals surface area contributed by atoms with Crippen LogP contribution in [-0.4, -0.2) is 71.1 Å². The second kappa shape index (κ2) is 6.39. The van der Waals surface area contributed by atoms with E-state index in [1.165, 1.54) is 9.80 Å². The quantitative estimate of drug-likeness (QED) is 0.845. The van der Waals surface area contributed by atoms with Crippen molar-refractivity contribution in [3.8, 4) is 0 Å². The Hall–Kier alpha value is -1.02. The van der Waals surface area contributed by atoms with Crippen LogP contribution in [0.5, 0.6) is 0 Å². The van der Waals surface area contributed by atoms with E-state index in [9.17, 15) is 18.0 Å². The van der Waals surface area contributed by atoms with Gasteiger partial charge in [-0.15, -0.1) is 0 Å². The second-order valence-corrected chi connectivity index (χ2v) is 6.34. The molecule has 1 amide bonds. The Labute approximate surface area is 122 Å². The van der Waals surface area contributed by atoms with Crippen molar-refractivity contribution in [1.82, 2.24) is 9.80 Å². The highest BCUT2D eigenvalue weighted by molar-refractivity contribution is 5.68. The third-order valence-corrected chi connectivity index (χ3v) is 3.15. The van der Waals surface area contributed by atoms with Gasteiger partial charge in [0.15, 0.2) is 6.10 Å². The molecule has 0 spiro atoms. The highest BCUT2D eigenvalue weighted by Gasteiger charge is 2.40. The Bertz CT molecular complexity index is 369. The van der Waals surface area contributed by atoms with Crippen molar-refractivity contribution < 1.29 is 27.8 Å². The average Bonchev–Trinajstić information content (AvgIpc) is 2.24. The van der Waals surface area contributed by atoms with E-state index < -0.39 is 30.5 Å². The lowest BCUT2D eigenvalue weighted by atomic mass is 10.1. The second-order valence-electron chi connectivity index (χ2n) is 6.34. The standard InChI is InChI=1S/C13H23F3N2O3/c1-9-7-17(8-10(19)13(14,15)16)5-6-18(9)11(20)21-12(2,3)4/h9-10,19H,5-8H2,1-4H3/t9-,10-/m1/s1. The minimum Gasteiger partial charge on any atom is -0.444 e. The number of ether oxygens (including phenoxy) is 1. The van der Waals surface area contributed by atoms with E-state index in [4.69, 9.17) is 9.84 Å². The molecule has 0 aromatic heterocycles. The van der Waals surface area contributed by atoms with Crippen LogP contribution in [0, 0.1) is 0 Å². The molecule has 2 atom stereocenters. The summed E-state index contributed by atoms with van der Waals surface area (Å²) in [5.74, 6) is 0. The predicted molar refractivity (Wildman–Crippen MR) is 70.9 cm³/mol. The smallest absolute Gasteiger partial charge is 0.415 e. The van der Waals surface area contributed by atoms with Crippen molar-refractivity contribution in [3.05, 3.63) is 0 Å². The van der Waals surface area contributed by atoms with Crippen molar-refractivity contribution in [2.45, 2.75) is 51.6 Å². The lowest BCUT2D eigenvalue weighted by Gasteiger charge is -2.40. The summed E-state index contributed by atoms with van der Waals surface area (Å²) in [6, 6.07) is -0.269. The molecule has 8 heteroatoms. The molecule has 1 heterocycles. The number of carbonyl (C=O) groups excluding carboxylic acids is 1. The van der Waals surface area contributed by atoms with Gasteiger partial charge in [-0.1, -0.05) is 0 Å². The number of aliphatic hydroxyl groups excluding tert-OH is 1. The van der Waals surface area contributed by atoms with Gasteiger partial charge in [-0.05, 0) is 27.7 Å². The number of hydrogen-bond acceptors (Lipinski definition) is 4. The third-order valence-electron chi connectivity index (χ3n) is 3.15. The zero-order chi connectivity index (χ0) is 16.4.